The Balaban J connectivity index is 2.66. The maximum atomic E-state index is 13.1. The van der Waals surface area contributed by atoms with Gasteiger partial charge in [0.25, 0.3) is 5.92 Å². The van der Waals surface area contributed by atoms with Crippen LogP contribution in [-0.2, 0) is 0 Å². The van der Waals surface area contributed by atoms with Gasteiger partial charge in [0, 0.05) is 12.1 Å². The summed E-state index contributed by atoms with van der Waals surface area (Å²) in [5.41, 5.74) is -0.246. The van der Waals surface area contributed by atoms with Crippen molar-refractivity contribution in [2.24, 2.45) is 0 Å². The van der Waals surface area contributed by atoms with E-state index in [9.17, 15) is 8.78 Å². The quantitative estimate of drug-likeness (QED) is 0.630. The van der Waals surface area contributed by atoms with Crippen molar-refractivity contribution in [1.29, 1.82) is 0 Å². The average Bonchev–Trinajstić information content (AvgIpc) is 1.92. The second kappa shape index (κ2) is 3.17. The molecule has 1 heterocycles. The van der Waals surface area contributed by atoms with Crippen LogP contribution >= 0.6 is 0 Å². The largest absolute Gasteiger partial charge is 0.387 e. The molecule has 1 saturated heterocycles. The molecule has 0 radical (unpaired) electrons. The number of alkyl halides is 2. The Kier molecular flexibility index (Phi) is 2.65. The maximum Gasteiger partial charge on any atom is 0.285 e. The van der Waals surface area contributed by atoms with Crippen LogP contribution in [0.2, 0.25) is 0 Å². The molecule has 0 spiro atoms. The van der Waals surface area contributed by atoms with Crippen LogP contribution in [0.3, 0.4) is 0 Å². The molecule has 0 unspecified atom stereocenters. The summed E-state index contributed by atoms with van der Waals surface area (Å²) in [6.45, 7) is 5.92. The first-order valence-corrected chi connectivity index (χ1v) is 4.54. The third kappa shape index (κ3) is 2.38. The second-order valence-electron chi connectivity index (χ2n) is 4.66. The van der Waals surface area contributed by atoms with E-state index in [0.717, 1.165) is 0 Å². The third-order valence-corrected chi connectivity index (χ3v) is 2.51. The number of aliphatic hydroxyl groups is 1. The molecule has 4 heteroatoms. The summed E-state index contributed by atoms with van der Waals surface area (Å²) in [5, 5.41) is 9.04. The zero-order valence-corrected chi connectivity index (χ0v) is 8.35. The smallest absolute Gasteiger partial charge is 0.285 e. The van der Waals surface area contributed by atoms with Gasteiger partial charge in [-0.2, -0.15) is 0 Å². The van der Waals surface area contributed by atoms with Crippen LogP contribution in [-0.4, -0.2) is 40.7 Å². The van der Waals surface area contributed by atoms with E-state index in [-0.39, 0.29) is 18.5 Å². The van der Waals surface area contributed by atoms with E-state index >= 15 is 0 Å². The Morgan fingerprint density at radius 1 is 1.38 bits per heavy atom. The van der Waals surface area contributed by atoms with Crippen LogP contribution in [0.4, 0.5) is 8.78 Å². The number of aliphatic hydroxyl groups excluding tert-OH is 1. The molecule has 0 bridgehead atoms. The van der Waals surface area contributed by atoms with Crippen molar-refractivity contribution in [2.45, 2.75) is 44.8 Å². The molecule has 0 saturated carbocycles. The first kappa shape index (κ1) is 10.9. The summed E-state index contributed by atoms with van der Waals surface area (Å²) in [6.07, 6.45) is -1.31. The molecule has 1 aliphatic heterocycles. The topological polar surface area (TPSA) is 23.5 Å². The molecule has 0 aromatic heterocycles. The van der Waals surface area contributed by atoms with Crippen LogP contribution in [0, 0.1) is 0 Å². The fraction of sp³-hybridized carbons (Fsp3) is 1.00. The van der Waals surface area contributed by atoms with Crippen molar-refractivity contribution in [3.63, 3.8) is 0 Å². The van der Waals surface area contributed by atoms with Crippen LogP contribution in [0.15, 0.2) is 0 Å². The number of hydrogen-bond donors (Lipinski definition) is 1. The first-order chi connectivity index (χ1) is 5.73. The van der Waals surface area contributed by atoms with Crippen molar-refractivity contribution in [3.05, 3.63) is 0 Å². The van der Waals surface area contributed by atoms with E-state index in [1.54, 1.807) is 4.90 Å². The van der Waals surface area contributed by atoms with Crippen LogP contribution in [0.1, 0.15) is 27.2 Å². The van der Waals surface area contributed by atoms with Gasteiger partial charge < -0.3 is 5.11 Å². The molecule has 1 N–H and O–H groups in total. The molecule has 0 aliphatic carbocycles. The molecule has 1 rings (SSSR count). The fourth-order valence-electron chi connectivity index (χ4n) is 1.50. The van der Waals surface area contributed by atoms with E-state index in [1.165, 1.54) is 0 Å². The summed E-state index contributed by atoms with van der Waals surface area (Å²) in [6, 6.07) is 0. The Morgan fingerprint density at radius 2 is 1.92 bits per heavy atom. The lowest BCUT2D eigenvalue weighted by atomic mass is 9.97. The van der Waals surface area contributed by atoms with Gasteiger partial charge in [-0.3, -0.25) is 4.90 Å². The van der Waals surface area contributed by atoms with E-state index in [4.69, 9.17) is 5.11 Å². The maximum absolute atomic E-state index is 13.1. The highest BCUT2D eigenvalue weighted by molar-refractivity contribution is 4.91. The van der Waals surface area contributed by atoms with Crippen molar-refractivity contribution in [3.8, 4) is 0 Å². The minimum absolute atomic E-state index is 0.157. The molecule has 2 nitrogen and oxygen atoms in total. The van der Waals surface area contributed by atoms with Crippen LogP contribution < -0.4 is 0 Å². The predicted octanol–water partition coefficient (Wildman–Crippen LogP) is 1.49. The minimum atomic E-state index is -2.95. The molecule has 1 atom stereocenters. The number of hydrogen-bond acceptors (Lipinski definition) is 2. The lowest BCUT2D eigenvalue weighted by molar-refractivity contribution is -0.162. The predicted molar refractivity (Wildman–Crippen MR) is 46.9 cm³/mol. The number of halogens is 2. The zero-order valence-electron chi connectivity index (χ0n) is 8.35. The lowest BCUT2D eigenvalue weighted by Crippen LogP contribution is -2.57. The minimum Gasteiger partial charge on any atom is -0.387 e. The Labute approximate surface area is 77.5 Å². The number of nitrogens with zero attached hydrogens (tertiary/aromatic N) is 1. The highest BCUT2D eigenvalue weighted by Gasteiger charge is 2.45. The normalized spacial score (nSPS) is 30.5. The van der Waals surface area contributed by atoms with E-state index in [2.05, 4.69) is 0 Å². The van der Waals surface area contributed by atoms with E-state index in [0.29, 0.717) is 6.54 Å². The molecule has 0 amide bonds. The van der Waals surface area contributed by atoms with Crippen LogP contribution in [0.25, 0.3) is 0 Å². The Hall–Kier alpha value is -0.220. The number of likely N-dealkylation sites (tertiary alicyclic amines) is 1. The van der Waals surface area contributed by atoms with Crippen molar-refractivity contribution < 1.29 is 13.9 Å². The van der Waals surface area contributed by atoms with Gasteiger partial charge in [0.15, 0.2) is 0 Å². The fourth-order valence-corrected chi connectivity index (χ4v) is 1.50. The zero-order chi connectivity index (χ0) is 10.3. The molecule has 0 aromatic rings. The third-order valence-electron chi connectivity index (χ3n) is 2.51. The van der Waals surface area contributed by atoms with Gasteiger partial charge in [-0.05, 0) is 27.2 Å². The van der Waals surface area contributed by atoms with E-state index < -0.39 is 12.0 Å². The van der Waals surface area contributed by atoms with Crippen molar-refractivity contribution >= 4 is 0 Å². The molecular formula is C9H17F2NO. The van der Waals surface area contributed by atoms with Gasteiger partial charge in [0.1, 0.15) is 6.10 Å². The van der Waals surface area contributed by atoms with Gasteiger partial charge >= 0.3 is 0 Å². The molecule has 1 aliphatic rings. The highest BCUT2D eigenvalue weighted by atomic mass is 19.3. The summed E-state index contributed by atoms with van der Waals surface area (Å²) in [7, 11) is 0. The van der Waals surface area contributed by atoms with Gasteiger partial charge in [-0.1, -0.05) is 0 Å². The van der Waals surface area contributed by atoms with Gasteiger partial charge in [-0.15, -0.1) is 0 Å². The van der Waals surface area contributed by atoms with Gasteiger partial charge in [-0.25, -0.2) is 8.78 Å². The van der Waals surface area contributed by atoms with Gasteiger partial charge in [0.05, 0.1) is 6.54 Å². The summed E-state index contributed by atoms with van der Waals surface area (Å²) >= 11 is 0. The van der Waals surface area contributed by atoms with Crippen molar-refractivity contribution in [1.82, 2.24) is 4.90 Å². The Bertz CT molecular complexity index is 189. The summed E-state index contributed by atoms with van der Waals surface area (Å²) < 4.78 is 26.2. The molecular weight excluding hydrogens is 176 g/mol. The molecule has 78 valence electrons. The van der Waals surface area contributed by atoms with Crippen molar-refractivity contribution in [2.75, 3.05) is 13.1 Å². The highest BCUT2D eigenvalue weighted by Crippen LogP contribution is 2.30. The molecule has 0 aromatic carbocycles. The average molecular weight is 193 g/mol. The standard InChI is InChI=1S/C9H17F2NO/c1-8(2,3)12-5-4-7(13)9(10,11)6-12/h7,13H,4-6H2,1-3H3/t7-/m0/s1. The summed E-state index contributed by atoms with van der Waals surface area (Å²) in [5.74, 6) is -2.95. The van der Waals surface area contributed by atoms with E-state index in [1.807, 2.05) is 20.8 Å². The molecule has 13 heavy (non-hydrogen) atoms. The second-order valence-corrected chi connectivity index (χ2v) is 4.66. The number of rotatable bonds is 0. The van der Waals surface area contributed by atoms with Gasteiger partial charge in [0.2, 0.25) is 0 Å². The SMILES string of the molecule is CC(C)(C)N1CC[C@H](O)C(F)(F)C1. The lowest BCUT2D eigenvalue weighted by Gasteiger charge is -2.43. The number of piperidine rings is 1. The van der Waals surface area contributed by atoms with Crippen LogP contribution in [0.5, 0.6) is 0 Å². The summed E-state index contributed by atoms with van der Waals surface area (Å²) in [4.78, 5) is 1.71. The first-order valence-electron chi connectivity index (χ1n) is 4.54. The molecule has 1 fully saturated rings. The Morgan fingerprint density at radius 3 is 2.31 bits per heavy atom. The monoisotopic (exact) mass is 193 g/mol.